The van der Waals surface area contributed by atoms with Gasteiger partial charge < -0.3 is 20.1 Å². The summed E-state index contributed by atoms with van der Waals surface area (Å²) in [6.07, 6.45) is -6.68. The van der Waals surface area contributed by atoms with Crippen molar-refractivity contribution in [2.75, 3.05) is 6.54 Å². The van der Waals surface area contributed by atoms with Gasteiger partial charge in [-0.1, -0.05) is 19.8 Å². The Morgan fingerprint density at radius 1 is 0.763 bits per heavy atom. The fourth-order valence-corrected chi connectivity index (χ4v) is 3.63. The van der Waals surface area contributed by atoms with E-state index < -0.39 is 41.6 Å². The molecule has 0 aliphatic carbocycles. The molecular weight excluding hydrogens is 518 g/mol. The third-order valence-corrected chi connectivity index (χ3v) is 5.57. The first-order valence-corrected chi connectivity index (χ1v) is 11.9. The van der Waals surface area contributed by atoms with Crippen LogP contribution in [0.25, 0.3) is 0 Å². The van der Waals surface area contributed by atoms with Gasteiger partial charge in [-0.15, -0.1) is 26.3 Å². The zero-order valence-electron chi connectivity index (χ0n) is 21.1. The molecule has 2 amide bonds. The van der Waals surface area contributed by atoms with Crippen molar-refractivity contribution >= 4 is 11.8 Å². The van der Waals surface area contributed by atoms with Crippen molar-refractivity contribution in [1.29, 1.82) is 0 Å². The largest absolute Gasteiger partial charge is 0.573 e. The molecule has 6 nitrogen and oxygen atoms in total. The van der Waals surface area contributed by atoms with E-state index >= 15 is 0 Å². The van der Waals surface area contributed by atoms with Gasteiger partial charge in [0.15, 0.2) is 0 Å². The monoisotopic (exact) mass is 548 g/mol. The number of benzene rings is 2. The summed E-state index contributed by atoms with van der Waals surface area (Å²) in [6.45, 7) is 6.10. The molecule has 0 aromatic heterocycles. The molecular formula is C26H30F6N2O4. The van der Waals surface area contributed by atoms with E-state index in [4.69, 9.17) is 0 Å². The van der Waals surface area contributed by atoms with Crippen LogP contribution in [0, 0.1) is 5.92 Å². The van der Waals surface area contributed by atoms with Crippen LogP contribution in [0.15, 0.2) is 48.5 Å². The van der Waals surface area contributed by atoms with Crippen LogP contribution in [0.5, 0.6) is 11.5 Å². The summed E-state index contributed by atoms with van der Waals surface area (Å²) in [5.41, 5.74) is -0.139. The Labute approximate surface area is 216 Å². The molecule has 0 aliphatic heterocycles. The minimum Gasteiger partial charge on any atom is -0.406 e. The van der Waals surface area contributed by atoms with Crippen molar-refractivity contribution in [2.45, 2.75) is 64.7 Å². The zero-order valence-corrected chi connectivity index (χ0v) is 21.1. The Morgan fingerprint density at radius 2 is 1.21 bits per heavy atom. The van der Waals surface area contributed by atoms with Gasteiger partial charge in [-0.2, -0.15) is 0 Å². The Kier molecular flexibility index (Phi) is 10.4. The summed E-state index contributed by atoms with van der Waals surface area (Å²) >= 11 is 0. The number of hydrogen-bond acceptors (Lipinski definition) is 4. The van der Waals surface area contributed by atoms with Crippen LogP contribution >= 0.6 is 0 Å². The molecule has 0 spiro atoms. The SMILES string of the molecule is CC(CCCC(C)(C)NC(=O)c1ccc(OC(F)(F)F)cc1)CCNC(=O)c1ccc(OC(F)(F)F)cc1. The summed E-state index contributed by atoms with van der Waals surface area (Å²) in [6, 6.07) is 9.31. The molecule has 2 N–H and O–H groups in total. The molecule has 1 unspecified atom stereocenters. The second-order valence-electron chi connectivity index (χ2n) is 9.52. The van der Waals surface area contributed by atoms with Crippen LogP contribution in [-0.4, -0.2) is 36.6 Å². The minimum absolute atomic E-state index is 0.208. The maximum absolute atomic E-state index is 12.5. The van der Waals surface area contributed by atoms with Gasteiger partial charge in [0.25, 0.3) is 11.8 Å². The summed E-state index contributed by atoms with van der Waals surface area (Å²) in [7, 11) is 0. The number of alkyl halides is 6. The minimum atomic E-state index is -4.81. The second kappa shape index (κ2) is 12.9. The fourth-order valence-electron chi connectivity index (χ4n) is 3.63. The van der Waals surface area contributed by atoms with Crippen LogP contribution in [0.3, 0.4) is 0 Å². The summed E-state index contributed by atoms with van der Waals surface area (Å²) < 4.78 is 81.1. The standard InChI is InChI=1S/C26H30F6N2O4/c1-17(14-16-33-22(35)18-6-10-20(11-7-18)37-25(27,28)29)5-4-15-24(2,3)34-23(36)19-8-12-21(13-9-19)38-26(30,31)32/h6-13,17H,4-5,14-16H2,1-3H3,(H,33,35)(H,34,36). The van der Waals surface area contributed by atoms with Crippen LogP contribution in [0.2, 0.25) is 0 Å². The van der Waals surface area contributed by atoms with Gasteiger partial charge in [0, 0.05) is 23.2 Å². The Bertz CT molecular complexity index is 1050. The van der Waals surface area contributed by atoms with Gasteiger partial charge >= 0.3 is 12.7 Å². The number of halogens is 6. The van der Waals surface area contributed by atoms with Crippen molar-refractivity contribution < 1.29 is 45.4 Å². The molecule has 2 aromatic rings. The lowest BCUT2D eigenvalue weighted by molar-refractivity contribution is -0.275. The lowest BCUT2D eigenvalue weighted by Crippen LogP contribution is -2.43. The fraction of sp³-hybridized carbons (Fsp3) is 0.462. The van der Waals surface area contributed by atoms with Crippen molar-refractivity contribution in [2.24, 2.45) is 5.92 Å². The number of nitrogens with one attached hydrogen (secondary N) is 2. The molecule has 0 aliphatic rings. The van der Waals surface area contributed by atoms with E-state index in [0.29, 0.717) is 19.4 Å². The normalized spacial score (nSPS) is 13.0. The van der Waals surface area contributed by atoms with Crippen LogP contribution < -0.4 is 20.1 Å². The molecule has 0 radical (unpaired) electrons. The smallest absolute Gasteiger partial charge is 0.406 e. The molecule has 1 atom stereocenters. The zero-order chi connectivity index (χ0) is 28.6. The van der Waals surface area contributed by atoms with Gasteiger partial charge in [0.2, 0.25) is 0 Å². The molecule has 0 bridgehead atoms. The Hall–Kier alpha value is -3.44. The molecule has 0 fully saturated rings. The molecule has 0 saturated carbocycles. The van der Waals surface area contributed by atoms with Crippen LogP contribution in [0.1, 0.15) is 67.2 Å². The Balaban J connectivity index is 1.70. The van der Waals surface area contributed by atoms with E-state index in [1.165, 1.54) is 24.3 Å². The molecule has 2 aromatic carbocycles. The highest BCUT2D eigenvalue weighted by Crippen LogP contribution is 2.24. The highest BCUT2D eigenvalue weighted by molar-refractivity contribution is 5.95. The maximum atomic E-state index is 12.5. The molecule has 38 heavy (non-hydrogen) atoms. The maximum Gasteiger partial charge on any atom is 0.573 e. The predicted octanol–water partition coefficient (Wildman–Crippen LogP) is 6.62. The van der Waals surface area contributed by atoms with E-state index in [-0.39, 0.29) is 17.0 Å². The van der Waals surface area contributed by atoms with Crippen LogP contribution in [0.4, 0.5) is 26.3 Å². The highest BCUT2D eigenvalue weighted by atomic mass is 19.4. The second-order valence-corrected chi connectivity index (χ2v) is 9.52. The van der Waals surface area contributed by atoms with E-state index in [9.17, 15) is 35.9 Å². The number of rotatable bonds is 12. The van der Waals surface area contributed by atoms with Crippen molar-refractivity contribution in [3.63, 3.8) is 0 Å². The van der Waals surface area contributed by atoms with Crippen molar-refractivity contribution in [3.05, 3.63) is 59.7 Å². The summed E-state index contributed by atoms with van der Waals surface area (Å²) in [5, 5.41) is 5.61. The first-order chi connectivity index (χ1) is 17.5. The average Bonchev–Trinajstić information content (AvgIpc) is 2.77. The van der Waals surface area contributed by atoms with E-state index in [1.54, 1.807) is 0 Å². The third kappa shape index (κ3) is 11.7. The average molecular weight is 549 g/mol. The Morgan fingerprint density at radius 3 is 1.66 bits per heavy atom. The predicted molar refractivity (Wildman–Crippen MR) is 128 cm³/mol. The lowest BCUT2D eigenvalue weighted by atomic mass is 9.92. The van der Waals surface area contributed by atoms with Gasteiger partial charge in [-0.25, -0.2) is 0 Å². The number of carbonyl (C=O) groups is 2. The topological polar surface area (TPSA) is 76.7 Å². The van der Waals surface area contributed by atoms with Gasteiger partial charge in [-0.05, 0) is 81.1 Å². The first-order valence-electron chi connectivity index (χ1n) is 11.9. The van der Waals surface area contributed by atoms with Gasteiger partial charge in [-0.3, -0.25) is 9.59 Å². The number of carbonyl (C=O) groups excluding carboxylic acids is 2. The highest BCUT2D eigenvalue weighted by Gasteiger charge is 2.32. The number of hydrogen-bond donors (Lipinski definition) is 2. The third-order valence-electron chi connectivity index (χ3n) is 5.57. The van der Waals surface area contributed by atoms with Gasteiger partial charge in [0.1, 0.15) is 11.5 Å². The van der Waals surface area contributed by atoms with Crippen molar-refractivity contribution in [3.8, 4) is 11.5 Å². The van der Waals surface area contributed by atoms with E-state index in [1.807, 2.05) is 20.8 Å². The van der Waals surface area contributed by atoms with Crippen LogP contribution in [-0.2, 0) is 0 Å². The molecule has 210 valence electrons. The van der Waals surface area contributed by atoms with E-state index in [2.05, 4.69) is 20.1 Å². The van der Waals surface area contributed by atoms with E-state index in [0.717, 1.165) is 37.1 Å². The molecule has 12 heteroatoms. The first kappa shape index (κ1) is 30.8. The van der Waals surface area contributed by atoms with Gasteiger partial charge in [0.05, 0.1) is 0 Å². The quantitative estimate of drug-likeness (QED) is 0.293. The number of amides is 2. The lowest BCUT2D eigenvalue weighted by Gasteiger charge is -2.27. The van der Waals surface area contributed by atoms with Crippen molar-refractivity contribution in [1.82, 2.24) is 10.6 Å². The summed E-state index contributed by atoms with van der Waals surface area (Å²) in [5.74, 6) is -1.38. The molecule has 0 heterocycles. The summed E-state index contributed by atoms with van der Waals surface area (Å²) in [4.78, 5) is 24.7. The number of ether oxygens (including phenoxy) is 2. The molecule has 0 saturated heterocycles. The molecule has 2 rings (SSSR count).